The molecule has 3 aromatic rings. The Morgan fingerprint density at radius 2 is 1.91 bits per heavy atom. The van der Waals surface area contributed by atoms with Crippen molar-refractivity contribution in [1.29, 1.82) is 0 Å². The fraction of sp³-hybridized carbons (Fsp3) is 0.188. The van der Waals surface area contributed by atoms with E-state index in [9.17, 15) is 13.6 Å². The number of rotatable bonds is 4. The second kappa shape index (κ2) is 5.75. The summed E-state index contributed by atoms with van der Waals surface area (Å²) in [5.74, 6) is -4.10. The van der Waals surface area contributed by atoms with E-state index >= 15 is 0 Å². The Morgan fingerprint density at radius 3 is 2.52 bits per heavy atom. The predicted octanol–water partition coefficient (Wildman–Crippen LogP) is 3.06. The molecule has 0 aliphatic carbocycles. The summed E-state index contributed by atoms with van der Waals surface area (Å²) in [5, 5.41) is 6.87. The third-order valence-electron chi connectivity index (χ3n) is 3.24. The van der Waals surface area contributed by atoms with Gasteiger partial charge < -0.3 is 8.98 Å². The van der Waals surface area contributed by atoms with Gasteiger partial charge in [0.25, 0.3) is 11.4 Å². The van der Waals surface area contributed by atoms with Crippen molar-refractivity contribution in [1.82, 2.24) is 14.8 Å². The SMILES string of the molecule is CC(F)(F)c1nnc(-c2ccn(Cc3ccccc3)c(=O)c2)o1. The normalized spacial score (nSPS) is 11.6. The van der Waals surface area contributed by atoms with E-state index < -0.39 is 11.8 Å². The molecule has 0 fully saturated rings. The van der Waals surface area contributed by atoms with Crippen molar-refractivity contribution in [3.8, 4) is 11.5 Å². The van der Waals surface area contributed by atoms with Crippen molar-refractivity contribution in [2.75, 3.05) is 0 Å². The van der Waals surface area contributed by atoms with Crippen LogP contribution < -0.4 is 5.56 Å². The third kappa shape index (κ3) is 3.33. The zero-order valence-electron chi connectivity index (χ0n) is 12.2. The Kier molecular flexibility index (Phi) is 3.77. The van der Waals surface area contributed by atoms with Gasteiger partial charge in [-0.2, -0.15) is 8.78 Å². The molecule has 0 radical (unpaired) electrons. The molecule has 1 aromatic carbocycles. The number of aromatic nitrogens is 3. The monoisotopic (exact) mass is 317 g/mol. The lowest BCUT2D eigenvalue weighted by molar-refractivity contribution is -0.0105. The summed E-state index contributed by atoms with van der Waals surface area (Å²) in [6.07, 6.45) is 1.57. The van der Waals surface area contributed by atoms with Gasteiger partial charge in [-0.05, 0) is 11.6 Å². The molecule has 0 amide bonds. The molecular weight excluding hydrogens is 304 g/mol. The van der Waals surface area contributed by atoms with Gasteiger partial charge in [0.15, 0.2) is 0 Å². The maximum absolute atomic E-state index is 13.1. The molecule has 0 aliphatic heterocycles. The van der Waals surface area contributed by atoms with E-state index in [1.54, 1.807) is 12.3 Å². The molecule has 0 aliphatic rings. The molecule has 0 unspecified atom stereocenters. The highest BCUT2D eigenvalue weighted by molar-refractivity contribution is 5.51. The first-order valence-electron chi connectivity index (χ1n) is 6.90. The Labute approximate surface area is 130 Å². The fourth-order valence-electron chi connectivity index (χ4n) is 2.07. The van der Waals surface area contributed by atoms with Crippen LogP contribution in [0.5, 0.6) is 0 Å². The number of nitrogens with zero attached hydrogens (tertiary/aromatic N) is 3. The summed E-state index contributed by atoms with van der Waals surface area (Å²) in [5.41, 5.74) is 1.00. The Balaban J connectivity index is 1.88. The minimum atomic E-state index is -3.21. The van der Waals surface area contributed by atoms with E-state index in [1.807, 2.05) is 30.3 Å². The van der Waals surface area contributed by atoms with E-state index in [0.717, 1.165) is 5.56 Å². The minimum Gasteiger partial charge on any atom is -0.415 e. The molecule has 2 aromatic heterocycles. The molecule has 0 saturated heterocycles. The second-order valence-corrected chi connectivity index (χ2v) is 5.17. The lowest BCUT2D eigenvalue weighted by Crippen LogP contribution is -2.19. The average Bonchev–Trinajstić information content (AvgIpc) is 3.00. The Bertz CT molecular complexity index is 867. The van der Waals surface area contributed by atoms with Crippen LogP contribution in [0.2, 0.25) is 0 Å². The highest BCUT2D eigenvalue weighted by Gasteiger charge is 2.32. The van der Waals surface area contributed by atoms with Crippen molar-refractivity contribution < 1.29 is 13.2 Å². The highest BCUT2D eigenvalue weighted by atomic mass is 19.3. The molecule has 118 valence electrons. The van der Waals surface area contributed by atoms with E-state index in [2.05, 4.69) is 10.2 Å². The molecular formula is C16H13F2N3O2. The van der Waals surface area contributed by atoms with Crippen molar-refractivity contribution >= 4 is 0 Å². The molecule has 7 heteroatoms. The smallest absolute Gasteiger partial charge is 0.321 e. The Hall–Kier alpha value is -2.83. The van der Waals surface area contributed by atoms with Crippen molar-refractivity contribution in [2.24, 2.45) is 0 Å². The number of alkyl halides is 2. The van der Waals surface area contributed by atoms with E-state index in [-0.39, 0.29) is 11.4 Å². The fourth-order valence-corrected chi connectivity index (χ4v) is 2.07. The lowest BCUT2D eigenvalue weighted by atomic mass is 10.2. The maximum atomic E-state index is 13.1. The molecule has 0 spiro atoms. The van der Waals surface area contributed by atoms with Crippen LogP contribution in [0.25, 0.3) is 11.5 Å². The van der Waals surface area contributed by atoms with E-state index in [4.69, 9.17) is 4.42 Å². The first-order valence-corrected chi connectivity index (χ1v) is 6.90. The largest absolute Gasteiger partial charge is 0.415 e. The summed E-state index contributed by atoms with van der Waals surface area (Å²) >= 11 is 0. The standard InChI is InChI=1S/C16H13F2N3O2/c1-16(17,18)15-20-19-14(23-15)12-7-8-21(13(22)9-12)10-11-5-3-2-4-6-11/h2-9H,10H2,1H3. The molecule has 0 bridgehead atoms. The van der Waals surface area contributed by atoms with Crippen LogP contribution in [0.3, 0.4) is 0 Å². The van der Waals surface area contributed by atoms with Gasteiger partial charge in [-0.25, -0.2) is 0 Å². The van der Waals surface area contributed by atoms with Gasteiger partial charge in [0.05, 0.1) is 6.54 Å². The lowest BCUT2D eigenvalue weighted by Gasteiger charge is -2.06. The topological polar surface area (TPSA) is 60.9 Å². The van der Waals surface area contributed by atoms with Crippen LogP contribution in [0, 0.1) is 0 Å². The molecule has 2 heterocycles. The van der Waals surface area contributed by atoms with Crippen LogP contribution in [0.1, 0.15) is 18.4 Å². The first kappa shape index (κ1) is 15.1. The molecule has 0 atom stereocenters. The molecule has 23 heavy (non-hydrogen) atoms. The third-order valence-corrected chi connectivity index (χ3v) is 3.24. The zero-order chi connectivity index (χ0) is 16.4. The predicted molar refractivity (Wildman–Crippen MR) is 79.1 cm³/mol. The minimum absolute atomic E-state index is 0.106. The van der Waals surface area contributed by atoms with Crippen LogP contribution in [-0.4, -0.2) is 14.8 Å². The molecule has 0 N–H and O–H groups in total. The summed E-state index contributed by atoms with van der Waals surface area (Å²) in [6.45, 7) is 1.09. The van der Waals surface area contributed by atoms with Crippen molar-refractivity contribution in [2.45, 2.75) is 19.4 Å². The quantitative estimate of drug-likeness (QED) is 0.742. The Morgan fingerprint density at radius 1 is 1.17 bits per heavy atom. The summed E-state index contributed by atoms with van der Waals surface area (Å²) < 4.78 is 32.6. The molecule has 0 saturated carbocycles. The number of halogens is 2. The van der Waals surface area contributed by atoms with Crippen LogP contribution >= 0.6 is 0 Å². The van der Waals surface area contributed by atoms with Gasteiger partial charge in [-0.15, -0.1) is 10.2 Å². The first-order chi connectivity index (χ1) is 10.9. The van der Waals surface area contributed by atoms with Gasteiger partial charge >= 0.3 is 5.92 Å². The number of benzene rings is 1. The van der Waals surface area contributed by atoms with Gasteiger partial charge in [-0.3, -0.25) is 4.79 Å². The second-order valence-electron chi connectivity index (χ2n) is 5.17. The average molecular weight is 317 g/mol. The number of hydrogen-bond acceptors (Lipinski definition) is 4. The summed E-state index contributed by atoms with van der Waals surface area (Å²) in [4.78, 5) is 12.1. The maximum Gasteiger partial charge on any atom is 0.321 e. The van der Waals surface area contributed by atoms with Crippen molar-refractivity contribution in [3.05, 3.63) is 70.5 Å². The van der Waals surface area contributed by atoms with Gasteiger partial charge in [0, 0.05) is 24.8 Å². The summed E-state index contributed by atoms with van der Waals surface area (Å²) in [7, 11) is 0. The summed E-state index contributed by atoms with van der Waals surface area (Å²) in [6, 6.07) is 12.4. The number of pyridine rings is 1. The van der Waals surface area contributed by atoms with Gasteiger partial charge in [-0.1, -0.05) is 30.3 Å². The van der Waals surface area contributed by atoms with Crippen LogP contribution in [0.15, 0.2) is 57.9 Å². The van der Waals surface area contributed by atoms with Crippen LogP contribution in [0.4, 0.5) is 8.78 Å². The van der Waals surface area contributed by atoms with Crippen LogP contribution in [-0.2, 0) is 12.5 Å². The van der Waals surface area contributed by atoms with Gasteiger partial charge in [0.2, 0.25) is 5.89 Å². The highest BCUT2D eigenvalue weighted by Crippen LogP contribution is 2.27. The molecule has 3 rings (SSSR count). The van der Waals surface area contributed by atoms with Crippen molar-refractivity contribution in [3.63, 3.8) is 0 Å². The van der Waals surface area contributed by atoms with Gasteiger partial charge in [0.1, 0.15) is 0 Å². The molecule has 5 nitrogen and oxygen atoms in total. The van der Waals surface area contributed by atoms with E-state index in [0.29, 0.717) is 19.0 Å². The zero-order valence-corrected chi connectivity index (χ0v) is 12.2. The van der Waals surface area contributed by atoms with E-state index in [1.165, 1.54) is 10.6 Å². The number of hydrogen-bond donors (Lipinski definition) is 0.